The summed E-state index contributed by atoms with van der Waals surface area (Å²) in [5.74, 6) is -0.746. The second-order valence-corrected chi connectivity index (χ2v) is 5.24. The lowest BCUT2D eigenvalue weighted by atomic mass is 9.98. The number of anilines is 1. The maximum Gasteiger partial charge on any atom is 0.234 e. The average molecular weight is 299 g/mol. The van der Waals surface area contributed by atoms with Gasteiger partial charge in [-0.1, -0.05) is 42.5 Å². The predicted octanol–water partition coefficient (Wildman–Crippen LogP) is 2.47. The van der Waals surface area contributed by atoms with Crippen LogP contribution < -0.4 is 11.1 Å². The number of amides is 1. The first kappa shape index (κ1) is 15.1. The molecule has 0 saturated heterocycles. The Hall–Kier alpha value is -2.27. The Morgan fingerprint density at radius 3 is 2.62 bits per heavy atom. The highest BCUT2D eigenvalue weighted by molar-refractivity contribution is 7.80. The van der Waals surface area contributed by atoms with Crippen molar-refractivity contribution in [3.8, 4) is 0 Å². The molecule has 5 heteroatoms. The third-order valence-corrected chi connectivity index (χ3v) is 3.49. The minimum absolute atomic E-state index is 0.192. The molecule has 0 saturated carbocycles. The Labute approximate surface area is 129 Å². The number of nitrogens with one attached hydrogen (secondary N) is 1. The molecule has 2 rings (SSSR count). The third kappa shape index (κ3) is 4.10. The van der Waals surface area contributed by atoms with Crippen LogP contribution in [0.2, 0.25) is 0 Å². The SMILES string of the molecule is Cc1ncccc1NC(=O)C(Cc1ccccc1)C(N)=S. The Bertz CT molecular complexity index is 643. The largest absolute Gasteiger partial charge is 0.393 e. The molecule has 1 aromatic heterocycles. The van der Waals surface area contributed by atoms with E-state index < -0.39 is 5.92 Å². The van der Waals surface area contributed by atoms with Gasteiger partial charge in [0, 0.05) is 6.20 Å². The van der Waals surface area contributed by atoms with Gasteiger partial charge < -0.3 is 11.1 Å². The first-order valence-electron chi connectivity index (χ1n) is 6.63. The second-order valence-electron chi connectivity index (χ2n) is 4.77. The van der Waals surface area contributed by atoms with Crippen LogP contribution in [0.4, 0.5) is 5.69 Å². The van der Waals surface area contributed by atoms with Gasteiger partial charge in [-0.15, -0.1) is 0 Å². The van der Waals surface area contributed by atoms with E-state index in [1.54, 1.807) is 18.3 Å². The number of benzene rings is 1. The van der Waals surface area contributed by atoms with Crippen molar-refractivity contribution < 1.29 is 4.79 Å². The van der Waals surface area contributed by atoms with Crippen LogP contribution in [0.5, 0.6) is 0 Å². The average Bonchev–Trinajstić information content (AvgIpc) is 2.48. The zero-order chi connectivity index (χ0) is 15.2. The van der Waals surface area contributed by atoms with Crippen LogP contribution in [-0.2, 0) is 11.2 Å². The molecule has 108 valence electrons. The monoisotopic (exact) mass is 299 g/mol. The van der Waals surface area contributed by atoms with Gasteiger partial charge in [0.15, 0.2) is 0 Å². The molecule has 0 aliphatic carbocycles. The Morgan fingerprint density at radius 1 is 1.29 bits per heavy atom. The number of nitrogens with two attached hydrogens (primary N) is 1. The smallest absolute Gasteiger partial charge is 0.234 e. The Balaban J connectivity index is 2.13. The number of pyridine rings is 1. The number of nitrogens with zero attached hydrogens (tertiary/aromatic N) is 1. The molecule has 1 aromatic carbocycles. The van der Waals surface area contributed by atoms with Crippen LogP contribution in [-0.4, -0.2) is 15.9 Å². The maximum absolute atomic E-state index is 12.4. The molecule has 4 nitrogen and oxygen atoms in total. The molecule has 1 atom stereocenters. The van der Waals surface area contributed by atoms with Gasteiger partial charge in [-0.2, -0.15) is 0 Å². The summed E-state index contributed by atoms with van der Waals surface area (Å²) >= 11 is 5.04. The van der Waals surface area contributed by atoms with Gasteiger partial charge in [0.1, 0.15) is 0 Å². The van der Waals surface area contributed by atoms with E-state index in [2.05, 4.69) is 10.3 Å². The lowest BCUT2D eigenvalue weighted by Crippen LogP contribution is -2.35. The number of carbonyl (C=O) groups excluding carboxylic acids is 1. The van der Waals surface area contributed by atoms with Crippen LogP contribution in [0.1, 0.15) is 11.3 Å². The van der Waals surface area contributed by atoms with Crippen molar-refractivity contribution >= 4 is 28.8 Å². The normalized spacial score (nSPS) is 11.7. The van der Waals surface area contributed by atoms with E-state index in [1.807, 2.05) is 37.3 Å². The summed E-state index contributed by atoms with van der Waals surface area (Å²) < 4.78 is 0. The molecule has 0 spiro atoms. The predicted molar refractivity (Wildman–Crippen MR) is 88.0 cm³/mol. The first-order valence-corrected chi connectivity index (χ1v) is 7.04. The number of aryl methyl sites for hydroxylation is 1. The molecule has 1 heterocycles. The molecule has 21 heavy (non-hydrogen) atoms. The molecule has 0 radical (unpaired) electrons. The highest BCUT2D eigenvalue weighted by atomic mass is 32.1. The van der Waals surface area contributed by atoms with Crippen molar-refractivity contribution in [2.45, 2.75) is 13.3 Å². The summed E-state index contributed by atoms with van der Waals surface area (Å²) in [7, 11) is 0. The summed E-state index contributed by atoms with van der Waals surface area (Å²) in [6.07, 6.45) is 2.17. The van der Waals surface area contributed by atoms with E-state index >= 15 is 0 Å². The molecule has 0 aliphatic heterocycles. The van der Waals surface area contributed by atoms with Crippen molar-refractivity contribution in [1.82, 2.24) is 4.98 Å². The highest BCUT2D eigenvalue weighted by Gasteiger charge is 2.22. The molecule has 0 aliphatic rings. The van der Waals surface area contributed by atoms with Crippen molar-refractivity contribution in [1.29, 1.82) is 0 Å². The summed E-state index contributed by atoms with van der Waals surface area (Å²) in [6.45, 7) is 1.84. The number of hydrogen-bond donors (Lipinski definition) is 2. The summed E-state index contributed by atoms with van der Waals surface area (Å²) in [4.78, 5) is 16.7. The van der Waals surface area contributed by atoms with E-state index in [0.717, 1.165) is 11.3 Å². The van der Waals surface area contributed by atoms with Crippen LogP contribution in [0, 0.1) is 12.8 Å². The van der Waals surface area contributed by atoms with Crippen molar-refractivity contribution in [3.05, 3.63) is 59.9 Å². The fraction of sp³-hybridized carbons (Fsp3) is 0.188. The van der Waals surface area contributed by atoms with Crippen LogP contribution in [0.25, 0.3) is 0 Å². The van der Waals surface area contributed by atoms with Crippen LogP contribution in [0.15, 0.2) is 48.7 Å². The minimum atomic E-state index is -0.540. The van der Waals surface area contributed by atoms with E-state index in [-0.39, 0.29) is 10.9 Å². The van der Waals surface area contributed by atoms with Gasteiger partial charge in [0.05, 0.1) is 22.3 Å². The first-order chi connectivity index (χ1) is 10.1. The molecule has 3 N–H and O–H groups in total. The van der Waals surface area contributed by atoms with Crippen molar-refractivity contribution in [2.75, 3.05) is 5.32 Å². The van der Waals surface area contributed by atoms with Crippen molar-refractivity contribution in [3.63, 3.8) is 0 Å². The lowest BCUT2D eigenvalue weighted by Gasteiger charge is -2.16. The van der Waals surface area contributed by atoms with Gasteiger partial charge >= 0.3 is 0 Å². The lowest BCUT2D eigenvalue weighted by molar-refractivity contribution is -0.118. The molecule has 2 aromatic rings. The van der Waals surface area contributed by atoms with E-state index in [1.165, 1.54) is 0 Å². The molecule has 1 unspecified atom stereocenters. The Morgan fingerprint density at radius 2 is 2.00 bits per heavy atom. The molecular weight excluding hydrogens is 282 g/mol. The van der Waals surface area contributed by atoms with Crippen LogP contribution in [0.3, 0.4) is 0 Å². The number of thiocarbonyl (C=S) groups is 1. The summed E-state index contributed by atoms with van der Waals surface area (Å²) in [5.41, 5.74) is 8.19. The minimum Gasteiger partial charge on any atom is -0.393 e. The van der Waals surface area contributed by atoms with Gasteiger partial charge in [-0.25, -0.2) is 0 Å². The zero-order valence-electron chi connectivity index (χ0n) is 11.7. The number of aromatic nitrogens is 1. The second kappa shape index (κ2) is 6.95. The topological polar surface area (TPSA) is 68.0 Å². The van der Waals surface area contributed by atoms with Gasteiger partial charge in [-0.05, 0) is 31.0 Å². The number of carbonyl (C=O) groups is 1. The number of rotatable bonds is 5. The maximum atomic E-state index is 12.4. The zero-order valence-corrected chi connectivity index (χ0v) is 12.6. The van der Waals surface area contributed by atoms with Gasteiger partial charge in [0.2, 0.25) is 5.91 Å². The van der Waals surface area contributed by atoms with Crippen molar-refractivity contribution in [2.24, 2.45) is 11.7 Å². The fourth-order valence-electron chi connectivity index (χ4n) is 2.01. The molecular formula is C16H17N3OS. The molecule has 0 fully saturated rings. The highest BCUT2D eigenvalue weighted by Crippen LogP contribution is 2.15. The number of hydrogen-bond acceptors (Lipinski definition) is 3. The van der Waals surface area contributed by atoms with Gasteiger partial charge in [-0.3, -0.25) is 9.78 Å². The van der Waals surface area contributed by atoms with Gasteiger partial charge in [0.25, 0.3) is 0 Å². The van der Waals surface area contributed by atoms with E-state index in [9.17, 15) is 4.79 Å². The van der Waals surface area contributed by atoms with E-state index in [4.69, 9.17) is 18.0 Å². The fourth-order valence-corrected chi connectivity index (χ4v) is 2.20. The third-order valence-electron chi connectivity index (χ3n) is 3.21. The van der Waals surface area contributed by atoms with E-state index in [0.29, 0.717) is 12.1 Å². The summed E-state index contributed by atoms with van der Waals surface area (Å²) in [6, 6.07) is 13.3. The molecule has 0 bridgehead atoms. The standard InChI is InChI=1S/C16H17N3OS/c1-11-14(8-5-9-18-11)19-16(20)13(15(17)21)10-12-6-3-2-4-7-12/h2-9,13H,10H2,1H3,(H2,17,21)(H,19,20). The van der Waals surface area contributed by atoms with Crippen LogP contribution >= 0.6 is 12.2 Å². The summed E-state index contributed by atoms with van der Waals surface area (Å²) in [5, 5.41) is 2.84. The quantitative estimate of drug-likeness (QED) is 0.832. The molecule has 1 amide bonds. The Kier molecular flexibility index (Phi) is 5.00.